The molecule has 4 rings (SSSR count). The number of benzene rings is 2. The molecule has 2 heterocycles. The zero-order valence-corrected chi connectivity index (χ0v) is 16.1. The van der Waals surface area contributed by atoms with Gasteiger partial charge in [0.15, 0.2) is 0 Å². The normalized spacial score (nSPS) is 16.1. The molecule has 0 saturated carbocycles. The van der Waals surface area contributed by atoms with Gasteiger partial charge in [0.2, 0.25) is 11.8 Å². The molecule has 1 saturated heterocycles. The number of hydrogen-bond acceptors (Lipinski definition) is 4. The van der Waals surface area contributed by atoms with E-state index in [-0.39, 0.29) is 18.2 Å². The molecule has 148 valence electrons. The summed E-state index contributed by atoms with van der Waals surface area (Å²) in [5.41, 5.74) is 2.49. The van der Waals surface area contributed by atoms with Gasteiger partial charge in [-0.05, 0) is 35.9 Å². The first-order valence-electron chi connectivity index (χ1n) is 9.44. The van der Waals surface area contributed by atoms with Gasteiger partial charge in [0.05, 0.1) is 25.3 Å². The molecule has 2 aromatic carbocycles. The lowest BCUT2D eigenvalue weighted by molar-refractivity contribution is -0.122. The molecule has 1 aromatic heterocycles. The van der Waals surface area contributed by atoms with Crippen LogP contribution in [0.2, 0.25) is 0 Å². The summed E-state index contributed by atoms with van der Waals surface area (Å²) in [6, 6.07) is 16.9. The average Bonchev–Trinajstić information content (AvgIpc) is 3.39. The van der Waals surface area contributed by atoms with Crippen LogP contribution < -0.4 is 15.0 Å². The number of hydrogen-bond donors (Lipinski definition) is 1. The monoisotopic (exact) mass is 390 g/mol. The van der Waals surface area contributed by atoms with E-state index in [0.29, 0.717) is 30.2 Å². The van der Waals surface area contributed by atoms with Crippen molar-refractivity contribution in [3.8, 4) is 5.75 Å². The first kappa shape index (κ1) is 18.7. The molecule has 0 aliphatic carbocycles. The van der Waals surface area contributed by atoms with Gasteiger partial charge in [0.25, 0.3) is 0 Å². The highest BCUT2D eigenvalue weighted by atomic mass is 16.5. The van der Waals surface area contributed by atoms with Gasteiger partial charge in [0, 0.05) is 31.0 Å². The smallest absolute Gasteiger partial charge is 0.229 e. The molecule has 1 atom stereocenters. The fraction of sp³-hybridized carbons (Fsp3) is 0.227. The summed E-state index contributed by atoms with van der Waals surface area (Å²) in [6.45, 7) is 1.01. The van der Waals surface area contributed by atoms with Gasteiger partial charge >= 0.3 is 0 Å². The van der Waals surface area contributed by atoms with E-state index in [2.05, 4.69) is 10.4 Å². The van der Waals surface area contributed by atoms with Crippen molar-refractivity contribution < 1.29 is 14.3 Å². The number of amides is 2. The van der Waals surface area contributed by atoms with E-state index in [9.17, 15) is 9.59 Å². The molecule has 7 nitrogen and oxygen atoms in total. The fourth-order valence-electron chi connectivity index (χ4n) is 3.49. The molecule has 7 heteroatoms. The predicted molar refractivity (Wildman–Crippen MR) is 110 cm³/mol. The number of para-hydroxylation sites is 2. The largest absolute Gasteiger partial charge is 0.495 e. The maximum atomic E-state index is 12.7. The number of aromatic nitrogens is 2. The predicted octanol–water partition coefficient (Wildman–Crippen LogP) is 2.93. The van der Waals surface area contributed by atoms with Crippen molar-refractivity contribution in [2.45, 2.75) is 13.0 Å². The van der Waals surface area contributed by atoms with E-state index >= 15 is 0 Å². The molecule has 29 heavy (non-hydrogen) atoms. The summed E-state index contributed by atoms with van der Waals surface area (Å²) in [4.78, 5) is 26.8. The lowest BCUT2D eigenvalue weighted by Gasteiger charge is -2.19. The Hall–Kier alpha value is -3.61. The third kappa shape index (κ3) is 4.13. The van der Waals surface area contributed by atoms with Crippen LogP contribution in [0.1, 0.15) is 12.0 Å². The summed E-state index contributed by atoms with van der Waals surface area (Å²) < 4.78 is 7.18. The summed E-state index contributed by atoms with van der Waals surface area (Å²) in [7, 11) is 1.57. The number of nitrogens with one attached hydrogen (secondary N) is 1. The van der Waals surface area contributed by atoms with Crippen LogP contribution in [-0.2, 0) is 16.1 Å². The van der Waals surface area contributed by atoms with Gasteiger partial charge in [0.1, 0.15) is 5.75 Å². The lowest BCUT2D eigenvalue weighted by atomic mass is 10.1. The molecule has 1 aliphatic rings. The van der Waals surface area contributed by atoms with Crippen molar-refractivity contribution in [1.82, 2.24) is 9.78 Å². The van der Waals surface area contributed by atoms with Crippen molar-refractivity contribution in [2.75, 3.05) is 23.9 Å². The first-order chi connectivity index (χ1) is 14.1. The molecule has 0 spiro atoms. The first-order valence-corrected chi connectivity index (χ1v) is 9.44. The Kier molecular flexibility index (Phi) is 5.29. The second-order valence-corrected chi connectivity index (χ2v) is 6.97. The molecule has 0 bridgehead atoms. The van der Waals surface area contributed by atoms with E-state index in [1.165, 1.54) is 0 Å². The van der Waals surface area contributed by atoms with Crippen LogP contribution in [-0.4, -0.2) is 35.2 Å². The van der Waals surface area contributed by atoms with E-state index in [1.54, 1.807) is 24.3 Å². The van der Waals surface area contributed by atoms with Gasteiger partial charge in [-0.25, -0.2) is 0 Å². The maximum absolute atomic E-state index is 12.7. The van der Waals surface area contributed by atoms with Crippen LogP contribution in [0.4, 0.5) is 11.4 Å². The number of carbonyl (C=O) groups is 2. The molecule has 3 aromatic rings. The second-order valence-electron chi connectivity index (χ2n) is 6.97. The fourth-order valence-corrected chi connectivity index (χ4v) is 3.49. The number of ether oxygens (including phenoxy) is 1. The van der Waals surface area contributed by atoms with Crippen molar-refractivity contribution in [2.24, 2.45) is 5.92 Å². The standard InChI is InChI=1S/C22H22N4O3/c1-29-20-6-3-2-5-19(20)26-15-17(13-21(26)27)22(28)24-18-9-7-16(8-10-18)14-25-12-4-11-23-25/h2-12,17H,13-15H2,1H3,(H,24,28). The van der Waals surface area contributed by atoms with Gasteiger partial charge in [-0.2, -0.15) is 5.10 Å². The second kappa shape index (κ2) is 8.18. The van der Waals surface area contributed by atoms with Crippen molar-refractivity contribution >= 4 is 23.2 Å². The number of nitrogens with zero attached hydrogens (tertiary/aromatic N) is 3. The summed E-state index contributed by atoms with van der Waals surface area (Å²) >= 11 is 0. The Balaban J connectivity index is 1.39. The van der Waals surface area contributed by atoms with E-state index < -0.39 is 5.92 Å². The van der Waals surface area contributed by atoms with Crippen molar-refractivity contribution in [3.63, 3.8) is 0 Å². The van der Waals surface area contributed by atoms with Crippen LogP contribution in [0.5, 0.6) is 5.75 Å². The van der Waals surface area contributed by atoms with Crippen LogP contribution in [0, 0.1) is 5.92 Å². The van der Waals surface area contributed by atoms with Crippen molar-refractivity contribution in [3.05, 3.63) is 72.6 Å². The molecule has 1 fully saturated rings. The number of rotatable bonds is 6. The minimum absolute atomic E-state index is 0.0794. The molecule has 1 N–H and O–H groups in total. The minimum atomic E-state index is -0.406. The Morgan fingerprint density at radius 2 is 1.97 bits per heavy atom. The Morgan fingerprint density at radius 3 is 2.69 bits per heavy atom. The number of carbonyl (C=O) groups excluding carboxylic acids is 2. The summed E-state index contributed by atoms with van der Waals surface area (Å²) in [5, 5.41) is 7.11. The van der Waals surface area contributed by atoms with Crippen LogP contribution in [0.25, 0.3) is 0 Å². The zero-order chi connectivity index (χ0) is 20.2. The van der Waals surface area contributed by atoms with Gasteiger partial charge in [-0.15, -0.1) is 0 Å². The summed E-state index contributed by atoms with van der Waals surface area (Å²) in [6.07, 6.45) is 3.83. The van der Waals surface area contributed by atoms with Gasteiger partial charge in [-0.3, -0.25) is 14.3 Å². The Bertz CT molecular complexity index is 999. The zero-order valence-electron chi connectivity index (χ0n) is 16.1. The minimum Gasteiger partial charge on any atom is -0.495 e. The van der Waals surface area contributed by atoms with Crippen LogP contribution >= 0.6 is 0 Å². The molecule has 1 aliphatic heterocycles. The third-order valence-electron chi connectivity index (χ3n) is 5.00. The molecule has 1 unspecified atom stereocenters. The SMILES string of the molecule is COc1ccccc1N1CC(C(=O)Nc2ccc(Cn3cccn3)cc2)CC1=O. The highest BCUT2D eigenvalue weighted by Crippen LogP contribution is 2.33. The topological polar surface area (TPSA) is 76.5 Å². The number of methoxy groups -OCH3 is 1. The lowest BCUT2D eigenvalue weighted by Crippen LogP contribution is -2.28. The van der Waals surface area contributed by atoms with Crippen molar-refractivity contribution in [1.29, 1.82) is 0 Å². The maximum Gasteiger partial charge on any atom is 0.229 e. The number of anilines is 2. The molecule has 2 amide bonds. The average molecular weight is 390 g/mol. The van der Waals surface area contributed by atoms with E-state index in [0.717, 1.165) is 5.56 Å². The van der Waals surface area contributed by atoms with Crippen LogP contribution in [0.3, 0.4) is 0 Å². The quantitative estimate of drug-likeness (QED) is 0.702. The third-order valence-corrected chi connectivity index (χ3v) is 5.00. The Labute approximate surface area is 168 Å². The van der Waals surface area contributed by atoms with Gasteiger partial charge < -0.3 is 15.0 Å². The summed E-state index contributed by atoms with van der Waals surface area (Å²) in [5.74, 6) is -0.0226. The molecule has 0 radical (unpaired) electrons. The van der Waals surface area contributed by atoms with E-state index in [4.69, 9.17) is 4.74 Å². The van der Waals surface area contributed by atoms with E-state index in [1.807, 2.05) is 59.4 Å². The van der Waals surface area contributed by atoms with Crippen LogP contribution in [0.15, 0.2) is 67.0 Å². The highest BCUT2D eigenvalue weighted by molar-refractivity contribution is 6.04. The van der Waals surface area contributed by atoms with Gasteiger partial charge in [-0.1, -0.05) is 24.3 Å². The highest BCUT2D eigenvalue weighted by Gasteiger charge is 2.36. The Morgan fingerprint density at radius 1 is 1.17 bits per heavy atom. The molecular weight excluding hydrogens is 368 g/mol. The molecular formula is C22H22N4O3.